The molecule has 1 amide bonds. The zero-order valence-corrected chi connectivity index (χ0v) is 16.6. The van der Waals surface area contributed by atoms with Gasteiger partial charge in [0.15, 0.2) is 0 Å². The first-order chi connectivity index (χ1) is 11.9. The fraction of sp³-hybridized carbons (Fsp3) is 0.368. The molecule has 0 aliphatic heterocycles. The number of carbonyl (C=O) groups is 2. The van der Waals surface area contributed by atoms with E-state index in [-0.39, 0.29) is 5.91 Å². The summed E-state index contributed by atoms with van der Waals surface area (Å²) in [6, 6.07) is 7.98. The van der Waals surface area contributed by atoms with Crippen LogP contribution in [0.25, 0.3) is 0 Å². The second-order valence-electron chi connectivity index (χ2n) is 5.64. The molecule has 0 radical (unpaired) electrons. The lowest BCUT2D eigenvalue weighted by Crippen LogP contribution is -2.16. The minimum absolute atomic E-state index is 0.125. The van der Waals surface area contributed by atoms with Crippen LogP contribution in [0.4, 0.5) is 5.00 Å². The third kappa shape index (κ3) is 5.34. The van der Waals surface area contributed by atoms with E-state index in [9.17, 15) is 9.59 Å². The lowest BCUT2D eigenvalue weighted by molar-refractivity contribution is -0.113. The van der Waals surface area contributed by atoms with Crippen LogP contribution in [0.5, 0.6) is 0 Å². The second-order valence-corrected chi connectivity index (χ2v) is 7.79. The van der Waals surface area contributed by atoms with Gasteiger partial charge in [-0.1, -0.05) is 24.6 Å². The number of aryl methyl sites for hydroxylation is 3. The molecule has 0 bridgehead atoms. The number of thioether (sulfide) groups is 1. The summed E-state index contributed by atoms with van der Waals surface area (Å²) in [6.07, 6.45) is 0.810. The Morgan fingerprint density at radius 1 is 1.20 bits per heavy atom. The van der Waals surface area contributed by atoms with E-state index in [0.717, 1.165) is 21.8 Å². The van der Waals surface area contributed by atoms with Crippen molar-refractivity contribution in [1.82, 2.24) is 0 Å². The van der Waals surface area contributed by atoms with Crippen LogP contribution in [0, 0.1) is 13.8 Å². The van der Waals surface area contributed by atoms with Gasteiger partial charge in [-0.3, -0.25) is 4.79 Å². The summed E-state index contributed by atoms with van der Waals surface area (Å²) < 4.78 is 5.08. The topological polar surface area (TPSA) is 55.4 Å². The highest BCUT2D eigenvalue weighted by Gasteiger charge is 2.18. The summed E-state index contributed by atoms with van der Waals surface area (Å²) in [4.78, 5) is 26.5. The smallest absolute Gasteiger partial charge is 0.341 e. The predicted molar refractivity (Wildman–Crippen MR) is 105 cm³/mol. The minimum atomic E-state index is -0.393. The number of benzene rings is 1. The Labute approximate surface area is 157 Å². The van der Waals surface area contributed by atoms with Crippen LogP contribution in [-0.4, -0.2) is 24.2 Å². The quantitative estimate of drug-likeness (QED) is 0.554. The number of carbonyl (C=O) groups excluding carboxylic acids is 2. The van der Waals surface area contributed by atoms with Gasteiger partial charge < -0.3 is 10.1 Å². The summed E-state index contributed by atoms with van der Waals surface area (Å²) in [7, 11) is 0. The van der Waals surface area contributed by atoms with E-state index in [0.29, 0.717) is 22.9 Å². The molecule has 0 spiro atoms. The number of thiophene rings is 1. The van der Waals surface area contributed by atoms with Crippen LogP contribution in [0.3, 0.4) is 0 Å². The summed E-state index contributed by atoms with van der Waals surface area (Å²) in [5.41, 5.74) is 2.80. The molecular formula is C19H23NO3S2. The number of hydrogen-bond acceptors (Lipinski definition) is 5. The monoisotopic (exact) mass is 377 g/mol. The van der Waals surface area contributed by atoms with Gasteiger partial charge in [-0.2, -0.15) is 0 Å². The van der Waals surface area contributed by atoms with Crippen molar-refractivity contribution in [3.63, 3.8) is 0 Å². The first-order valence-electron chi connectivity index (χ1n) is 8.24. The molecule has 0 aliphatic carbocycles. The molecular weight excluding hydrogens is 354 g/mol. The standard InChI is InChI=1S/C19H23NO3S2/c1-5-14-10-15(19(22)23-6-2)18(25-14)20-17(21)11-24-16-8-7-12(3)9-13(16)4/h7-10H,5-6,11H2,1-4H3,(H,20,21). The summed E-state index contributed by atoms with van der Waals surface area (Å²) in [5.74, 6) is -0.221. The first-order valence-corrected chi connectivity index (χ1v) is 10.0. The summed E-state index contributed by atoms with van der Waals surface area (Å²) in [5, 5.41) is 3.43. The average Bonchev–Trinajstić information content (AvgIpc) is 2.97. The number of hydrogen-bond donors (Lipinski definition) is 1. The number of nitrogens with one attached hydrogen (secondary N) is 1. The third-order valence-electron chi connectivity index (χ3n) is 3.57. The van der Waals surface area contributed by atoms with E-state index in [4.69, 9.17) is 4.74 Å². The van der Waals surface area contributed by atoms with Crippen LogP contribution in [0.2, 0.25) is 0 Å². The predicted octanol–water partition coefficient (Wildman–Crippen LogP) is 4.83. The van der Waals surface area contributed by atoms with Crippen molar-refractivity contribution in [2.24, 2.45) is 0 Å². The van der Waals surface area contributed by atoms with Gasteiger partial charge in [0.2, 0.25) is 5.91 Å². The van der Waals surface area contributed by atoms with E-state index in [1.807, 2.05) is 32.9 Å². The number of rotatable bonds is 7. The van der Waals surface area contributed by atoms with Crippen LogP contribution >= 0.6 is 23.1 Å². The van der Waals surface area contributed by atoms with Gasteiger partial charge in [-0.15, -0.1) is 23.1 Å². The lowest BCUT2D eigenvalue weighted by Gasteiger charge is -2.08. The highest BCUT2D eigenvalue weighted by atomic mass is 32.2. The largest absolute Gasteiger partial charge is 0.462 e. The van der Waals surface area contributed by atoms with Crippen molar-refractivity contribution in [1.29, 1.82) is 0 Å². The summed E-state index contributed by atoms with van der Waals surface area (Å²) >= 11 is 2.92. The maximum Gasteiger partial charge on any atom is 0.341 e. The van der Waals surface area contributed by atoms with Gasteiger partial charge in [-0.05, 0) is 44.9 Å². The first kappa shape index (κ1) is 19.5. The molecule has 134 valence electrons. The average molecular weight is 378 g/mol. The molecule has 0 saturated heterocycles. The van der Waals surface area contributed by atoms with Crippen molar-refractivity contribution < 1.29 is 14.3 Å². The molecule has 0 fully saturated rings. The zero-order chi connectivity index (χ0) is 18.4. The molecule has 6 heteroatoms. The fourth-order valence-electron chi connectivity index (χ4n) is 2.34. The van der Waals surface area contributed by atoms with Crippen molar-refractivity contribution in [3.05, 3.63) is 45.8 Å². The van der Waals surface area contributed by atoms with Gasteiger partial charge in [-0.25, -0.2) is 4.79 Å². The van der Waals surface area contributed by atoms with Gasteiger partial charge in [0, 0.05) is 9.77 Å². The molecule has 1 aromatic carbocycles. The molecule has 0 unspecified atom stereocenters. The number of anilines is 1. The Bertz CT molecular complexity index is 768. The Balaban J connectivity index is 2.04. The Hall–Kier alpha value is -1.79. The summed E-state index contributed by atoms with van der Waals surface area (Å²) in [6.45, 7) is 8.18. The van der Waals surface area contributed by atoms with Crippen LogP contribution < -0.4 is 5.32 Å². The molecule has 1 heterocycles. The molecule has 2 rings (SSSR count). The van der Waals surface area contributed by atoms with Gasteiger partial charge in [0.1, 0.15) is 5.00 Å². The normalized spacial score (nSPS) is 10.6. The maximum atomic E-state index is 12.3. The molecule has 1 N–H and O–H groups in total. The van der Waals surface area contributed by atoms with E-state index < -0.39 is 5.97 Å². The molecule has 4 nitrogen and oxygen atoms in total. The molecule has 2 aromatic rings. The number of amides is 1. The van der Waals surface area contributed by atoms with Gasteiger partial charge >= 0.3 is 5.97 Å². The molecule has 0 aliphatic rings. The lowest BCUT2D eigenvalue weighted by atomic mass is 10.2. The minimum Gasteiger partial charge on any atom is -0.462 e. The van der Waals surface area contributed by atoms with Crippen LogP contribution in [0.1, 0.15) is 40.2 Å². The van der Waals surface area contributed by atoms with Crippen LogP contribution in [-0.2, 0) is 16.0 Å². The second kappa shape index (κ2) is 9.06. The molecule has 0 atom stereocenters. The van der Waals surface area contributed by atoms with Crippen molar-refractivity contribution in [2.75, 3.05) is 17.7 Å². The Kier molecular flexibility index (Phi) is 7.08. The number of ether oxygens (including phenoxy) is 1. The fourth-order valence-corrected chi connectivity index (χ4v) is 4.15. The molecule has 1 aromatic heterocycles. The maximum absolute atomic E-state index is 12.3. The molecule has 0 saturated carbocycles. The Morgan fingerprint density at radius 2 is 1.96 bits per heavy atom. The molecule has 25 heavy (non-hydrogen) atoms. The van der Waals surface area contributed by atoms with E-state index in [1.54, 1.807) is 13.0 Å². The van der Waals surface area contributed by atoms with E-state index in [1.165, 1.54) is 28.7 Å². The number of esters is 1. The third-order valence-corrected chi connectivity index (χ3v) is 5.94. The van der Waals surface area contributed by atoms with Crippen molar-refractivity contribution in [2.45, 2.75) is 39.0 Å². The highest BCUT2D eigenvalue weighted by molar-refractivity contribution is 8.00. The van der Waals surface area contributed by atoms with Crippen molar-refractivity contribution >= 4 is 40.0 Å². The van der Waals surface area contributed by atoms with E-state index in [2.05, 4.69) is 11.4 Å². The van der Waals surface area contributed by atoms with Gasteiger partial charge in [0.25, 0.3) is 0 Å². The van der Waals surface area contributed by atoms with E-state index >= 15 is 0 Å². The highest BCUT2D eigenvalue weighted by Crippen LogP contribution is 2.30. The Morgan fingerprint density at radius 3 is 2.60 bits per heavy atom. The van der Waals surface area contributed by atoms with Crippen LogP contribution in [0.15, 0.2) is 29.2 Å². The van der Waals surface area contributed by atoms with Crippen molar-refractivity contribution in [3.8, 4) is 0 Å². The van der Waals surface area contributed by atoms with Gasteiger partial charge in [0.05, 0.1) is 17.9 Å². The SMILES string of the molecule is CCOC(=O)c1cc(CC)sc1NC(=O)CSc1ccc(C)cc1C. The zero-order valence-electron chi connectivity index (χ0n) is 15.0.